The van der Waals surface area contributed by atoms with Gasteiger partial charge in [0, 0.05) is 5.56 Å². The van der Waals surface area contributed by atoms with E-state index in [2.05, 4.69) is 9.72 Å². The van der Waals surface area contributed by atoms with Gasteiger partial charge in [0.15, 0.2) is 0 Å². The van der Waals surface area contributed by atoms with E-state index in [4.69, 9.17) is 0 Å². The summed E-state index contributed by atoms with van der Waals surface area (Å²) in [6.45, 7) is 3.17. The number of aryl methyl sites for hydroxylation is 1. The Morgan fingerprint density at radius 2 is 2.18 bits per heavy atom. The van der Waals surface area contributed by atoms with Crippen molar-refractivity contribution in [3.8, 4) is 0 Å². The number of hydrogen-bond donors (Lipinski definition) is 0. The van der Waals surface area contributed by atoms with E-state index in [1.165, 1.54) is 13.0 Å². The van der Waals surface area contributed by atoms with Gasteiger partial charge in [-0.25, -0.2) is 13.8 Å². The fraction of sp³-hybridized carbons (Fsp3) is 0.455. The van der Waals surface area contributed by atoms with Crippen molar-refractivity contribution in [3.63, 3.8) is 0 Å². The predicted octanol–water partition coefficient (Wildman–Crippen LogP) is 2.57. The molecule has 0 N–H and O–H groups in total. The van der Waals surface area contributed by atoms with Gasteiger partial charge in [-0.05, 0) is 25.5 Å². The van der Waals surface area contributed by atoms with Crippen LogP contribution in [0.15, 0.2) is 6.07 Å². The maximum Gasteiger partial charge on any atom is 0.310 e. The third-order valence-corrected chi connectivity index (χ3v) is 2.11. The summed E-state index contributed by atoms with van der Waals surface area (Å²) in [5, 5.41) is 0. The second kappa shape index (κ2) is 5.65. The molecule has 0 atom stereocenters. The van der Waals surface area contributed by atoms with Crippen molar-refractivity contribution in [1.29, 1.82) is 0 Å². The number of esters is 1. The molecule has 0 aliphatic rings. The Balaban J connectivity index is 3.04. The van der Waals surface area contributed by atoms with Crippen LogP contribution in [0.3, 0.4) is 0 Å². The van der Waals surface area contributed by atoms with Crippen LogP contribution in [0.5, 0.6) is 0 Å². The molecule has 0 aliphatic heterocycles. The zero-order valence-electron chi connectivity index (χ0n) is 9.47. The first-order valence-corrected chi connectivity index (χ1v) is 5.05. The number of aromatic nitrogens is 1. The van der Waals surface area contributed by atoms with Gasteiger partial charge < -0.3 is 4.74 Å². The van der Waals surface area contributed by atoms with Gasteiger partial charge in [0.1, 0.15) is 5.69 Å². The summed E-state index contributed by atoms with van der Waals surface area (Å²) in [6, 6.07) is 1.20. The minimum atomic E-state index is -2.92. The summed E-state index contributed by atoms with van der Waals surface area (Å²) >= 11 is 0. The van der Waals surface area contributed by atoms with Gasteiger partial charge >= 0.3 is 5.97 Å². The number of alkyl halides is 2. The maximum absolute atomic E-state index is 13.0. The lowest BCUT2D eigenvalue weighted by molar-refractivity contribution is -0.142. The highest BCUT2D eigenvalue weighted by Gasteiger charge is 2.19. The van der Waals surface area contributed by atoms with E-state index < -0.39 is 24.0 Å². The molecule has 0 aliphatic carbocycles. The molecule has 0 fully saturated rings. The average Bonchev–Trinajstić information content (AvgIpc) is 2.23. The van der Waals surface area contributed by atoms with E-state index in [0.29, 0.717) is 0 Å². The normalized spacial score (nSPS) is 10.7. The molecular weight excluding hydrogens is 235 g/mol. The van der Waals surface area contributed by atoms with Gasteiger partial charge in [0.25, 0.3) is 6.43 Å². The van der Waals surface area contributed by atoms with Crippen molar-refractivity contribution in [1.82, 2.24) is 4.98 Å². The highest BCUT2D eigenvalue weighted by molar-refractivity contribution is 5.73. The molecule has 1 rings (SSSR count). The van der Waals surface area contributed by atoms with E-state index in [0.717, 1.165) is 0 Å². The fourth-order valence-corrected chi connectivity index (χ4v) is 1.36. The Hall–Kier alpha value is -1.59. The second-order valence-corrected chi connectivity index (χ2v) is 3.42. The van der Waals surface area contributed by atoms with Gasteiger partial charge in [0.05, 0.1) is 13.0 Å². The lowest BCUT2D eigenvalue weighted by atomic mass is 10.1. The van der Waals surface area contributed by atoms with Crippen LogP contribution in [0, 0.1) is 12.9 Å². The van der Waals surface area contributed by atoms with E-state index in [9.17, 15) is 18.0 Å². The number of carbonyl (C=O) groups is 1. The summed E-state index contributed by atoms with van der Waals surface area (Å²) in [7, 11) is 0. The van der Waals surface area contributed by atoms with Gasteiger partial charge in [-0.2, -0.15) is 4.39 Å². The van der Waals surface area contributed by atoms with E-state index in [1.54, 1.807) is 6.92 Å². The molecular formula is C11H12F3NO2. The number of hydrogen-bond acceptors (Lipinski definition) is 3. The van der Waals surface area contributed by atoms with Crippen LogP contribution in [0.4, 0.5) is 13.2 Å². The van der Waals surface area contributed by atoms with Crippen LogP contribution < -0.4 is 0 Å². The lowest BCUT2D eigenvalue weighted by Gasteiger charge is -2.09. The molecule has 1 aromatic rings. The molecule has 1 heterocycles. The summed E-state index contributed by atoms with van der Waals surface area (Å²) < 4.78 is 42.9. The Labute approximate surface area is 96.6 Å². The molecule has 0 spiro atoms. The molecule has 6 heteroatoms. The molecule has 0 unspecified atom stereocenters. The third kappa shape index (κ3) is 3.44. The Morgan fingerprint density at radius 1 is 1.53 bits per heavy atom. The van der Waals surface area contributed by atoms with Gasteiger partial charge in [-0.15, -0.1) is 0 Å². The number of pyridine rings is 1. The number of carbonyl (C=O) groups excluding carboxylic acids is 1. The Kier molecular flexibility index (Phi) is 4.48. The lowest BCUT2D eigenvalue weighted by Crippen LogP contribution is -2.11. The molecule has 3 nitrogen and oxygen atoms in total. The average molecular weight is 247 g/mol. The summed E-state index contributed by atoms with van der Waals surface area (Å²) in [5.41, 5.74) is -0.591. The fourth-order valence-electron chi connectivity index (χ4n) is 1.36. The van der Waals surface area contributed by atoms with Crippen molar-refractivity contribution >= 4 is 5.97 Å². The summed E-state index contributed by atoms with van der Waals surface area (Å²) in [5.74, 6) is -1.59. The van der Waals surface area contributed by atoms with Crippen molar-refractivity contribution in [3.05, 3.63) is 28.8 Å². The van der Waals surface area contributed by atoms with Gasteiger partial charge in [-0.3, -0.25) is 4.79 Å². The first kappa shape index (κ1) is 13.5. The highest BCUT2D eigenvalue weighted by Crippen LogP contribution is 2.23. The predicted molar refractivity (Wildman–Crippen MR) is 54.2 cm³/mol. The van der Waals surface area contributed by atoms with Crippen LogP contribution in [0.1, 0.15) is 30.2 Å². The molecule has 0 bridgehead atoms. The first-order chi connectivity index (χ1) is 7.95. The first-order valence-electron chi connectivity index (χ1n) is 5.05. The molecule has 0 saturated heterocycles. The Morgan fingerprint density at radius 3 is 2.71 bits per heavy atom. The van der Waals surface area contributed by atoms with Crippen LogP contribution in [0.25, 0.3) is 0 Å². The van der Waals surface area contributed by atoms with Crippen molar-refractivity contribution in [2.75, 3.05) is 6.61 Å². The molecule has 0 radical (unpaired) electrons. The zero-order valence-corrected chi connectivity index (χ0v) is 9.47. The zero-order chi connectivity index (χ0) is 13.0. The highest BCUT2D eigenvalue weighted by atomic mass is 19.3. The van der Waals surface area contributed by atoms with E-state index >= 15 is 0 Å². The molecule has 94 valence electrons. The summed E-state index contributed by atoms with van der Waals surface area (Å²) in [4.78, 5) is 14.4. The number of halogens is 3. The van der Waals surface area contributed by atoms with E-state index in [-0.39, 0.29) is 24.2 Å². The molecule has 17 heavy (non-hydrogen) atoms. The molecule has 0 saturated carbocycles. The number of ether oxygens (including phenoxy) is 1. The van der Waals surface area contributed by atoms with Crippen LogP contribution in [0.2, 0.25) is 0 Å². The molecule has 0 amide bonds. The van der Waals surface area contributed by atoms with Gasteiger partial charge in [0.2, 0.25) is 5.95 Å². The van der Waals surface area contributed by atoms with Crippen molar-refractivity contribution < 1.29 is 22.7 Å². The van der Waals surface area contributed by atoms with Crippen LogP contribution >= 0.6 is 0 Å². The van der Waals surface area contributed by atoms with E-state index in [1.807, 2.05) is 0 Å². The molecule has 0 aromatic carbocycles. The maximum atomic E-state index is 13.0. The smallest absolute Gasteiger partial charge is 0.310 e. The minimum absolute atomic E-state index is 0.00245. The van der Waals surface area contributed by atoms with Crippen LogP contribution in [-0.2, 0) is 16.0 Å². The summed E-state index contributed by atoms with van der Waals surface area (Å²) in [6.07, 6.45) is -3.25. The quantitative estimate of drug-likeness (QED) is 0.606. The third-order valence-electron chi connectivity index (χ3n) is 2.11. The second-order valence-electron chi connectivity index (χ2n) is 3.42. The number of rotatable bonds is 4. The van der Waals surface area contributed by atoms with Crippen molar-refractivity contribution in [2.45, 2.75) is 26.7 Å². The SMILES string of the molecule is CCOC(=O)Cc1cc(C)c(F)nc1C(F)F. The standard InChI is InChI=1S/C11H12F3NO2/c1-3-17-8(16)5-7-4-6(2)11(14)15-9(7)10(12)13/h4,10H,3,5H2,1-2H3. The largest absolute Gasteiger partial charge is 0.466 e. The molecule has 1 aromatic heterocycles. The monoisotopic (exact) mass is 247 g/mol. The minimum Gasteiger partial charge on any atom is -0.466 e. The van der Waals surface area contributed by atoms with Crippen LogP contribution in [-0.4, -0.2) is 17.6 Å². The van der Waals surface area contributed by atoms with Crippen molar-refractivity contribution in [2.24, 2.45) is 0 Å². The number of nitrogens with zero attached hydrogens (tertiary/aromatic N) is 1. The topological polar surface area (TPSA) is 39.2 Å². The van der Waals surface area contributed by atoms with Gasteiger partial charge in [-0.1, -0.05) is 0 Å². The Bertz CT molecular complexity index is 421.